The molecule has 11 heavy (non-hydrogen) atoms. The monoisotopic (exact) mass is 149 g/mol. The van der Waals surface area contributed by atoms with Gasteiger partial charge in [-0.1, -0.05) is 6.92 Å². The fourth-order valence-electron chi connectivity index (χ4n) is 0.999. The summed E-state index contributed by atoms with van der Waals surface area (Å²) in [4.78, 5) is 2.86. The van der Waals surface area contributed by atoms with E-state index >= 15 is 0 Å². The van der Waals surface area contributed by atoms with E-state index in [1.54, 1.807) is 12.4 Å². The third kappa shape index (κ3) is 1.41. The number of nitrogens with zero attached hydrogens (tertiary/aromatic N) is 1. The summed E-state index contributed by atoms with van der Waals surface area (Å²) in [6, 6.07) is 2.06. The van der Waals surface area contributed by atoms with Crippen LogP contribution < -0.4 is 5.73 Å². The smallest absolute Gasteiger partial charge is 0.101 e. The molecule has 0 aliphatic carbocycles. The second kappa shape index (κ2) is 3.22. The quantitative estimate of drug-likeness (QED) is 0.665. The van der Waals surface area contributed by atoms with Gasteiger partial charge in [0.05, 0.1) is 5.56 Å². The number of nitrogens with two attached hydrogens (primary N) is 1. The van der Waals surface area contributed by atoms with Gasteiger partial charge in [0, 0.05) is 24.0 Å². The van der Waals surface area contributed by atoms with E-state index in [4.69, 9.17) is 11.0 Å². The van der Waals surface area contributed by atoms with Crippen LogP contribution in [0.5, 0.6) is 0 Å². The number of aromatic nitrogens is 1. The standard InChI is InChI=1S/C8H11N3/c1-2-8(10)7-5-11-4-6(7)3-9/h4-5,8,11H,2,10H2,1H3/t8-/m1/s1. The molecule has 0 amide bonds. The third-order valence-electron chi connectivity index (χ3n) is 1.74. The lowest BCUT2D eigenvalue weighted by Crippen LogP contribution is -2.08. The number of hydrogen-bond acceptors (Lipinski definition) is 2. The van der Waals surface area contributed by atoms with E-state index in [0.29, 0.717) is 5.56 Å². The Morgan fingerprint density at radius 2 is 2.45 bits per heavy atom. The highest BCUT2D eigenvalue weighted by Crippen LogP contribution is 2.16. The second-order valence-corrected chi connectivity index (χ2v) is 2.45. The number of H-pyrrole nitrogens is 1. The molecule has 0 fully saturated rings. The van der Waals surface area contributed by atoms with Crippen molar-refractivity contribution in [2.75, 3.05) is 0 Å². The van der Waals surface area contributed by atoms with Crippen LogP contribution in [-0.4, -0.2) is 4.98 Å². The minimum absolute atomic E-state index is 0.0177. The predicted molar refractivity (Wildman–Crippen MR) is 42.7 cm³/mol. The molecular weight excluding hydrogens is 138 g/mol. The van der Waals surface area contributed by atoms with Gasteiger partial charge < -0.3 is 10.7 Å². The van der Waals surface area contributed by atoms with Crippen molar-refractivity contribution in [3.63, 3.8) is 0 Å². The van der Waals surface area contributed by atoms with Crippen LogP contribution in [0.15, 0.2) is 12.4 Å². The molecule has 1 heterocycles. The Morgan fingerprint density at radius 1 is 1.73 bits per heavy atom. The molecule has 0 radical (unpaired) electrons. The van der Waals surface area contributed by atoms with E-state index in [-0.39, 0.29) is 6.04 Å². The molecule has 0 saturated carbocycles. The van der Waals surface area contributed by atoms with Crippen molar-refractivity contribution in [1.82, 2.24) is 4.98 Å². The maximum absolute atomic E-state index is 8.63. The summed E-state index contributed by atoms with van der Waals surface area (Å²) in [6.45, 7) is 2.00. The van der Waals surface area contributed by atoms with Crippen molar-refractivity contribution in [2.24, 2.45) is 5.73 Å². The van der Waals surface area contributed by atoms with Gasteiger partial charge in [-0.3, -0.25) is 0 Å². The minimum Gasteiger partial charge on any atom is -0.366 e. The first-order valence-electron chi connectivity index (χ1n) is 3.62. The summed E-state index contributed by atoms with van der Waals surface area (Å²) in [6.07, 6.45) is 4.31. The van der Waals surface area contributed by atoms with Crippen molar-refractivity contribution in [3.05, 3.63) is 23.5 Å². The van der Waals surface area contributed by atoms with Crippen LogP contribution >= 0.6 is 0 Å². The van der Waals surface area contributed by atoms with Gasteiger partial charge in [-0.25, -0.2) is 0 Å². The summed E-state index contributed by atoms with van der Waals surface area (Å²) in [7, 11) is 0. The van der Waals surface area contributed by atoms with Crippen molar-refractivity contribution >= 4 is 0 Å². The molecule has 3 N–H and O–H groups in total. The first-order chi connectivity index (χ1) is 5.29. The highest BCUT2D eigenvalue weighted by molar-refractivity contribution is 5.36. The Kier molecular flexibility index (Phi) is 2.29. The van der Waals surface area contributed by atoms with E-state index in [1.807, 2.05) is 6.92 Å². The highest BCUT2D eigenvalue weighted by atomic mass is 14.7. The van der Waals surface area contributed by atoms with Crippen LogP contribution in [0.2, 0.25) is 0 Å². The molecule has 1 rings (SSSR count). The van der Waals surface area contributed by atoms with E-state index in [0.717, 1.165) is 12.0 Å². The fourth-order valence-corrected chi connectivity index (χ4v) is 0.999. The van der Waals surface area contributed by atoms with Crippen molar-refractivity contribution in [2.45, 2.75) is 19.4 Å². The zero-order valence-corrected chi connectivity index (χ0v) is 6.46. The molecule has 58 valence electrons. The third-order valence-corrected chi connectivity index (χ3v) is 1.74. The largest absolute Gasteiger partial charge is 0.366 e. The van der Waals surface area contributed by atoms with Crippen molar-refractivity contribution in [3.8, 4) is 6.07 Å². The Balaban J connectivity index is 2.95. The van der Waals surface area contributed by atoms with Gasteiger partial charge in [-0.15, -0.1) is 0 Å². The Labute approximate surface area is 65.8 Å². The van der Waals surface area contributed by atoms with E-state index < -0.39 is 0 Å². The van der Waals surface area contributed by atoms with Crippen molar-refractivity contribution in [1.29, 1.82) is 5.26 Å². The van der Waals surface area contributed by atoms with Gasteiger partial charge in [0.2, 0.25) is 0 Å². The van der Waals surface area contributed by atoms with E-state index in [1.165, 1.54) is 0 Å². The maximum Gasteiger partial charge on any atom is 0.101 e. The Bertz CT molecular complexity index is 269. The molecule has 1 aromatic rings. The van der Waals surface area contributed by atoms with Gasteiger partial charge in [-0.2, -0.15) is 5.26 Å². The number of nitriles is 1. The minimum atomic E-state index is -0.0177. The predicted octanol–water partition coefficient (Wildman–Crippen LogP) is 1.30. The topological polar surface area (TPSA) is 65.6 Å². The van der Waals surface area contributed by atoms with Gasteiger partial charge in [0.1, 0.15) is 6.07 Å². The number of aromatic amines is 1. The van der Waals surface area contributed by atoms with E-state index in [9.17, 15) is 0 Å². The van der Waals surface area contributed by atoms with Crippen LogP contribution in [0.3, 0.4) is 0 Å². The van der Waals surface area contributed by atoms with Crippen LogP contribution in [0.4, 0.5) is 0 Å². The zero-order valence-electron chi connectivity index (χ0n) is 6.46. The molecule has 0 saturated heterocycles. The molecule has 0 spiro atoms. The average molecular weight is 149 g/mol. The molecule has 0 aliphatic rings. The first-order valence-corrected chi connectivity index (χ1v) is 3.62. The number of rotatable bonds is 2. The maximum atomic E-state index is 8.63. The summed E-state index contributed by atoms with van der Waals surface area (Å²) in [5.74, 6) is 0. The van der Waals surface area contributed by atoms with Gasteiger partial charge in [0.25, 0.3) is 0 Å². The summed E-state index contributed by atoms with van der Waals surface area (Å²) < 4.78 is 0. The van der Waals surface area contributed by atoms with Gasteiger partial charge in [0.15, 0.2) is 0 Å². The van der Waals surface area contributed by atoms with Gasteiger partial charge >= 0.3 is 0 Å². The van der Waals surface area contributed by atoms with Crippen molar-refractivity contribution < 1.29 is 0 Å². The molecular formula is C8H11N3. The molecule has 0 unspecified atom stereocenters. The van der Waals surface area contributed by atoms with Crippen LogP contribution in [0, 0.1) is 11.3 Å². The molecule has 0 aliphatic heterocycles. The van der Waals surface area contributed by atoms with E-state index in [2.05, 4.69) is 11.1 Å². The number of nitrogens with one attached hydrogen (secondary N) is 1. The van der Waals surface area contributed by atoms with Gasteiger partial charge in [-0.05, 0) is 6.42 Å². The number of hydrogen-bond donors (Lipinski definition) is 2. The lowest BCUT2D eigenvalue weighted by molar-refractivity contribution is 0.698. The molecule has 0 bridgehead atoms. The normalized spacial score (nSPS) is 12.5. The molecule has 3 nitrogen and oxygen atoms in total. The summed E-state index contributed by atoms with van der Waals surface area (Å²) in [5, 5.41) is 8.63. The van der Waals surface area contributed by atoms with Crippen LogP contribution in [0.1, 0.15) is 30.5 Å². The Morgan fingerprint density at radius 3 is 3.00 bits per heavy atom. The van der Waals surface area contributed by atoms with Crippen LogP contribution in [0.25, 0.3) is 0 Å². The highest BCUT2D eigenvalue weighted by Gasteiger charge is 2.08. The lowest BCUT2D eigenvalue weighted by Gasteiger charge is -2.05. The SMILES string of the molecule is CC[C@@H](N)c1c[nH]cc1C#N. The summed E-state index contributed by atoms with van der Waals surface area (Å²) in [5.41, 5.74) is 7.31. The zero-order chi connectivity index (χ0) is 8.27. The average Bonchev–Trinajstić information content (AvgIpc) is 2.50. The van der Waals surface area contributed by atoms with Crippen LogP contribution in [-0.2, 0) is 0 Å². The first kappa shape index (κ1) is 7.83. The molecule has 1 aromatic heterocycles. The fraction of sp³-hybridized carbons (Fsp3) is 0.375. The molecule has 3 heteroatoms. The lowest BCUT2D eigenvalue weighted by atomic mass is 10.1. The molecule has 1 atom stereocenters. The second-order valence-electron chi connectivity index (χ2n) is 2.45. The summed E-state index contributed by atoms with van der Waals surface area (Å²) >= 11 is 0. The Hall–Kier alpha value is -1.27. The molecule has 0 aromatic carbocycles.